The summed E-state index contributed by atoms with van der Waals surface area (Å²) in [4.78, 5) is 60.3. The van der Waals surface area contributed by atoms with Gasteiger partial charge < -0.3 is 76.8 Å². The monoisotopic (exact) mass is 1420 g/mol. The summed E-state index contributed by atoms with van der Waals surface area (Å²) in [5, 5.41) is 0. The minimum absolute atomic E-state index is 0. The lowest BCUT2D eigenvalue weighted by Crippen LogP contribution is -2.06. The van der Waals surface area contributed by atoms with Crippen molar-refractivity contribution in [2.75, 3.05) is 62.5 Å². The molecule has 0 aliphatic carbocycles. The van der Waals surface area contributed by atoms with E-state index >= 15 is 0 Å². The quantitative estimate of drug-likeness (QED) is 0.0624. The Morgan fingerprint density at radius 2 is 0.638 bits per heavy atom. The Labute approximate surface area is 608 Å². The molecule has 4 N–H and O–H groups in total. The van der Waals surface area contributed by atoms with Gasteiger partial charge in [-0.05, 0) is 202 Å². The van der Waals surface area contributed by atoms with Crippen molar-refractivity contribution in [2.24, 2.45) is 0 Å². The van der Waals surface area contributed by atoms with Gasteiger partial charge in [0.25, 0.3) is 0 Å². The minimum Gasteiger partial charge on any atom is -0.496 e. The van der Waals surface area contributed by atoms with Crippen molar-refractivity contribution < 1.29 is 56.8 Å². The molecule has 0 saturated carbocycles. The number of aromatic amines is 4. The van der Waals surface area contributed by atoms with Crippen molar-refractivity contribution in [3.8, 4) is 159 Å². The summed E-state index contributed by atoms with van der Waals surface area (Å²) in [5.74, 6) is 8.28. The fourth-order valence-corrected chi connectivity index (χ4v) is 11.7. The number of aryl methyl sites for hydroxylation is 2. The highest BCUT2D eigenvalue weighted by Crippen LogP contribution is 2.41. The molecule has 0 unspecified atom stereocenters. The molecule has 0 fully saturated rings. The average Bonchev–Trinajstić information content (AvgIpc) is 1.65. The van der Waals surface area contributed by atoms with Crippen LogP contribution in [-0.4, -0.2) is 82.5 Å². The Hall–Kier alpha value is -12.8. The summed E-state index contributed by atoms with van der Waals surface area (Å²) in [6.07, 6.45) is 2.88. The number of nitrogens with one attached hydrogen (secondary N) is 4. The van der Waals surface area contributed by atoms with Gasteiger partial charge in [0.05, 0.1) is 47.8 Å². The number of fused-ring (bicyclic) bond motifs is 3. The number of hydrogen-bond donors (Lipinski definition) is 4. The highest BCUT2D eigenvalue weighted by molar-refractivity contribution is 5.78. The SMILES string of the molecule is C.C.CCCOc1ccc(-c2cc(-c3ccc(OC)c(OC)c3)[nH]c(=O)c2)cc1.CCc1ccc(-c2cc(-c3ccc4c(c3)OCO4)cc(=O)[nH]2)c(OC)c1.CCc1ccc(-c2cc(-c3ccc4c(c3)OCO4)cc(=O)[nH]2)cc1.COc1ccc(-c2cc(-c3ccc4c(c3)OCO4)cc(=O)[nH]2)cc1OC. The smallest absolute Gasteiger partial charge is 0.249 e. The van der Waals surface area contributed by atoms with Gasteiger partial charge in [0, 0.05) is 58.0 Å². The van der Waals surface area contributed by atoms with Crippen LogP contribution in [-0.2, 0) is 12.8 Å². The molecule has 15 rings (SSSR count). The normalized spacial score (nSPS) is 11.5. The molecule has 105 heavy (non-hydrogen) atoms. The van der Waals surface area contributed by atoms with E-state index in [1.54, 1.807) is 65.9 Å². The molecule has 0 radical (unpaired) electrons. The molecule has 0 bridgehead atoms. The predicted octanol–water partition coefficient (Wildman–Crippen LogP) is 17.3. The second-order valence-electron chi connectivity index (χ2n) is 23.7. The summed E-state index contributed by atoms with van der Waals surface area (Å²) in [7, 11) is 7.97. The number of ether oxygens (including phenoxy) is 12. The Kier molecular flexibility index (Phi) is 24.7. The first-order valence-corrected chi connectivity index (χ1v) is 33.3. The first-order valence-electron chi connectivity index (χ1n) is 33.3. The van der Waals surface area contributed by atoms with Crippen LogP contribution in [0.5, 0.6) is 69.0 Å². The Bertz CT molecular complexity index is 5260. The topological polar surface area (TPSA) is 242 Å². The molecule has 0 spiro atoms. The number of pyridine rings is 4. The molecule has 3 aliphatic rings. The molecule has 0 atom stereocenters. The van der Waals surface area contributed by atoms with E-state index in [4.69, 9.17) is 56.8 Å². The zero-order chi connectivity index (χ0) is 71.9. The molecule has 12 aromatic rings. The standard InChI is InChI=1S/C22H23NO4.C21H19NO4.C20H17NO5.C20H17NO3.2CH4/c1-4-11-27-18-8-5-15(6-9-18)17-12-19(23-22(24)14-17)16-7-10-20(25-2)21(13-16)26-3;1-3-13-4-6-16(19(8-13)24-2)17-9-15(11-21(23)22-17)14-5-7-18-20(10-14)26-12-25-18;1-23-16-5-4-13(9-18(16)24-2)15-7-14(10-20(22)21-15)12-3-6-17-19(8-12)26-11-25-17;1-2-13-3-5-14(6-4-13)17-9-16(11-20(22)21-17)15-7-8-18-19(10-15)24-12-23-18;;/h5-10,12-14H,4,11H2,1-3H3,(H,23,24);4-11H,3,12H2,1-2H3,(H,22,23);3-10H,11H2,1-2H3,(H,21,22);3-11H,2,12H2,1H3,(H,21,22);2*1H4. The minimum atomic E-state index is -0.190. The zero-order valence-electron chi connectivity index (χ0n) is 58.1. The van der Waals surface area contributed by atoms with Crippen molar-refractivity contribution in [1.29, 1.82) is 0 Å². The summed E-state index contributed by atoms with van der Waals surface area (Å²) in [5.41, 5.74) is 15.2. The fraction of sp³-hybridized carbons (Fsp3) is 0.200. The van der Waals surface area contributed by atoms with E-state index in [0.717, 1.165) is 115 Å². The molecule has 20 heteroatoms. The van der Waals surface area contributed by atoms with Crippen LogP contribution in [0.25, 0.3) is 89.5 Å². The van der Waals surface area contributed by atoms with Gasteiger partial charge in [-0.2, -0.15) is 0 Å². The van der Waals surface area contributed by atoms with Crippen LogP contribution in [0.3, 0.4) is 0 Å². The molecule has 0 saturated heterocycles. The maximum atomic E-state index is 12.3. The van der Waals surface area contributed by atoms with Gasteiger partial charge in [-0.15, -0.1) is 0 Å². The lowest BCUT2D eigenvalue weighted by atomic mass is 10.0. The number of rotatable bonds is 18. The van der Waals surface area contributed by atoms with Crippen LogP contribution in [0.1, 0.15) is 53.2 Å². The van der Waals surface area contributed by atoms with E-state index in [9.17, 15) is 19.2 Å². The Morgan fingerprint density at radius 1 is 0.295 bits per heavy atom. The summed E-state index contributed by atoms with van der Waals surface area (Å²) in [6.45, 7) is 7.65. The maximum absolute atomic E-state index is 12.3. The predicted molar refractivity (Wildman–Crippen MR) is 411 cm³/mol. The molecule has 20 nitrogen and oxygen atoms in total. The maximum Gasteiger partial charge on any atom is 0.249 e. The number of hydrogen-bond acceptors (Lipinski definition) is 16. The number of aromatic nitrogens is 4. The third-order valence-corrected chi connectivity index (χ3v) is 17.2. The lowest BCUT2D eigenvalue weighted by molar-refractivity contribution is 0.173. The van der Waals surface area contributed by atoms with Crippen molar-refractivity contribution in [3.05, 3.63) is 259 Å². The molecular weight excluding hydrogens is 1330 g/mol. The van der Waals surface area contributed by atoms with Gasteiger partial charge in [-0.25, -0.2) is 0 Å². The van der Waals surface area contributed by atoms with Crippen molar-refractivity contribution in [1.82, 2.24) is 19.9 Å². The van der Waals surface area contributed by atoms with Crippen LogP contribution >= 0.6 is 0 Å². The van der Waals surface area contributed by atoms with Gasteiger partial charge in [-0.3, -0.25) is 19.2 Å². The van der Waals surface area contributed by atoms with E-state index in [1.165, 1.54) is 11.1 Å². The molecule has 7 heterocycles. The first-order chi connectivity index (χ1) is 50.2. The van der Waals surface area contributed by atoms with E-state index in [1.807, 2.05) is 164 Å². The third-order valence-electron chi connectivity index (χ3n) is 17.2. The second-order valence-corrected chi connectivity index (χ2v) is 23.7. The molecule has 0 amide bonds. The zero-order valence-corrected chi connectivity index (χ0v) is 58.1. The van der Waals surface area contributed by atoms with Crippen LogP contribution in [0, 0.1) is 0 Å². The second kappa shape index (κ2) is 34.7. The van der Waals surface area contributed by atoms with Crippen LogP contribution < -0.4 is 79.1 Å². The fourth-order valence-electron chi connectivity index (χ4n) is 11.7. The van der Waals surface area contributed by atoms with E-state index < -0.39 is 0 Å². The molecule has 3 aliphatic heterocycles. The number of benzene rings is 8. The van der Waals surface area contributed by atoms with Crippen LogP contribution in [0.4, 0.5) is 0 Å². The van der Waals surface area contributed by atoms with Gasteiger partial charge in [0.2, 0.25) is 42.6 Å². The van der Waals surface area contributed by atoms with Crippen molar-refractivity contribution in [2.45, 2.75) is 54.9 Å². The third kappa shape index (κ3) is 17.9. The number of methoxy groups -OCH3 is 5. The lowest BCUT2D eigenvalue weighted by Gasteiger charge is -2.12. The molecule has 8 aromatic carbocycles. The Balaban J connectivity index is 0.000000149. The van der Waals surface area contributed by atoms with Gasteiger partial charge in [-0.1, -0.05) is 96.3 Å². The van der Waals surface area contributed by atoms with Crippen LogP contribution in [0.15, 0.2) is 225 Å². The molecule has 4 aromatic heterocycles. The largest absolute Gasteiger partial charge is 0.496 e. The molecular formula is C85H84N4O16. The average molecular weight is 1420 g/mol. The highest BCUT2D eigenvalue weighted by atomic mass is 16.7. The van der Waals surface area contributed by atoms with Crippen molar-refractivity contribution in [3.63, 3.8) is 0 Å². The first kappa shape index (κ1) is 74.8. The van der Waals surface area contributed by atoms with Gasteiger partial charge in [0.1, 0.15) is 11.5 Å². The van der Waals surface area contributed by atoms with Gasteiger partial charge >= 0.3 is 0 Å². The molecule has 540 valence electrons. The van der Waals surface area contributed by atoms with E-state index in [0.29, 0.717) is 69.7 Å². The Morgan fingerprint density at radius 3 is 1.04 bits per heavy atom. The van der Waals surface area contributed by atoms with E-state index in [2.05, 4.69) is 52.8 Å². The van der Waals surface area contributed by atoms with Gasteiger partial charge in [0.15, 0.2) is 57.5 Å². The highest BCUT2D eigenvalue weighted by Gasteiger charge is 2.20. The van der Waals surface area contributed by atoms with E-state index in [-0.39, 0.29) is 57.5 Å². The summed E-state index contributed by atoms with van der Waals surface area (Å²) < 4.78 is 64.7. The van der Waals surface area contributed by atoms with Crippen molar-refractivity contribution >= 4 is 0 Å². The van der Waals surface area contributed by atoms with Crippen LogP contribution in [0.2, 0.25) is 0 Å². The summed E-state index contributed by atoms with van der Waals surface area (Å²) in [6, 6.07) is 64.2. The number of H-pyrrole nitrogens is 4. The summed E-state index contributed by atoms with van der Waals surface area (Å²) >= 11 is 0.